The van der Waals surface area contributed by atoms with E-state index in [2.05, 4.69) is 48.6 Å². The molecule has 0 aliphatic heterocycles. The lowest BCUT2D eigenvalue weighted by atomic mass is 9.78. The van der Waals surface area contributed by atoms with E-state index in [-0.39, 0.29) is 5.54 Å². The molecule has 1 aromatic heterocycles. The summed E-state index contributed by atoms with van der Waals surface area (Å²) >= 11 is 0. The van der Waals surface area contributed by atoms with E-state index in [0.29, 0.717) is 17.8 Å². The zero-order valence-electron chi connectivity index (χ0n) is 23.6. The monoisotopic (exact) mass is 509 g/mol. The number of pyridine rings is 1. The van der Waals surface area contributed by atoms with Gasteiger partial charge in [-0.25, -0.2) is 4.98 Å². The Balaban J connectivity index is 2.06. The molecule has 3 N–H and O–H groups in total. The zero-order chi connectivity index (χ0) is 27.7. The summed E-state index contributed by atoms with van der Waals surface area (Å²) in [6.07, 6.45) is 14.8. The standard InChI is InChI=1S/C33H43N5/c1-7-25(23-38(5)6)26-12-11-13-27(21-26)31-15-14-29(28(22-36-4)20-24(2)3)32(37-31)30(34)16-19-33(35)17-9-8-10-18-33/h7,11-15,20-23,34H,1-2,8-10,16-19,35H2,3-6H3/b25-23+,28-20+,34-30?,36-22?. The second kappa shape index (κ2) is 13.3. The predicted octanol–water partition coefficient (Wildman–Crippen LogP) is 7.31. The molecular formula is C33H43N5. The number of hydrogen-bond acceptors (Lipinski definition) is 5. The summed E-state index contributed by atoms with van der Waals surface area (Å²) in [5.41, 5.74) is 14.4. The van der Waals surface area contributed by atoms with Crippen LogP contribution in [0, 0.1) is 5.41 Å². The molecule has 1 aliphatic carbocycles. The van der Waals surface area contributed by atoms with Gasteiger partial charge in [-0.2, -0.15) is 0 Å². The van der Waals surface area contributed by atoms with E-state index in [4.69, 9.17) is 16.1 Å². The van der Waals surface area contributed by atoms with Crippen molar-refractivity contribution in [3.8, 4) is 11.3 Å². The average Bonchev–Trinajstić information content (AvgIpc) is 2.90. The topological polar surface area (TPSA) is 78.4 Å². The highest BCUT2D eigenvalue weighted by Crippen LogP contribution is 2.32. The maximum absolute atomic E-state index is 9.12. The van der Waals surface area contributed by atoms with Crippen LogP contribution in [-0.2, 0) is 0 Å². The van der Waals surface area contributed by atoms with Crippen LogP contribution in [0.3, 0.4) is 0 Å². The second-order valence-electron chi connectivity index (χ2n) is 10.7. The fourth-order valence-corrected chi connectivity index (χ4v) is 5.05. The Bertz CT molecular complexity index is 1260. The normalized spacial score (nSPS) is 15.9. The number of rotatable bonds is 11. The second-order valence-corrected chi connectivity index (χ2v) is 10.7. The number of aromatic nitrogens is 1. The molecular weight excluding hydrogens is 466 g/mol. The molecule has 5 heteroatoms. The van der Waals surface area contributed by atoms with Gasteiger partial charge in [0.15, 0.2) is 0 Å². The van der Waals surface area contributed by atoms with E-state index < -0.39 is 0 Å². The molecule has 0 bridgehead atoms. The van der Waals surface area contributed by atoms with E-state index >= 15 is 0 Å². The van der Waals surface area contributed by atoms with Crippen LogP contribution < -0.4 is 5.73 Å². The Kier molecular flexibility index (Phi) is 10.1. The molecule has 5 nitrogen and oxygen atoms in total. The third-order valence-electron chi connectivity index (χ3n) is 6.99. The van der Waals surface area contributed by atoms with Crippen molar-refractivity contribution in [1.82, 2.24) is 9.88 Å². The van der Waals surface area contributed by atoms with Gasteiger partial charge in [0.1, 0.15) is 0 Å². The molecule has 0 spiro atoms. The molecule has 38 heavy (non-hydrogen) atoms. The summed E-state index contributed by atoms with van der Waals surface area (Å²) in [5.74, 6) is 0. The van der Waals surface area contributed by atoms with Crippen LogP contribution in [0.15, 0.2) is 78.5 Å². The van der Waals surface area contributed by atoms with Crippen molar-refractivity contribution in [2.75, 3.05) is 21.1 Å². The maximum atomic E-state index is 9.12. The highest BCUT2D eigenvalue weighted by molar-refractivity contribution is 6.15. The Hall–Kier alpha value is -3.57. The van der Waals surface area contributed by atoms with Gasteiger partial charge in [-0.3, -0.25) is 4.99 Å². The molecule has 3 rings (SSSR count). The van der Waals surface area contributed by atoms with Crippen LogP contribution in [0.5, 0.6) is 0 Å². The van der Waals surface area contributed by atoms with Crippen LogP contribution in [0.1, 0.15) is 68.7 Å². The molecule has 1 aliphatic rings. The van der Waals surface area contributed by atoms with Crippen LogP contribution in [0.4, 0.5) is 0 Å². The lowest BCUT2D eigenvalue weighted by molar-refractivity contribution is 0.282. The Morgan fingerprint density at radius 3 is 2.53 bits per heavy atom. The third-order valence-corrected chi connectivity index (χ3v) is 6.99. The summed E-state index contributed by atoms with van der Waals surface area (Å²) in [6, 6.07) is 12.4. The molecule has 1 aromatic carbocycles. The summed E-state index contributed by atoms with van der Waals surface area (Å²) in [4.78, 5) is 11.4. The molecule has 200 valence electrons. The first kappa shape index (κ1) is 29.0. The summed E-state index contributed by atoms with van der Waals surface area (Å²) in [7, 11) is 5.75. The SMILES string of the molecule is C=C/C(=C\N(C)C)c1cccc(-c2ccc(/C(C=NC)=C/C(=C)C)c(C(=N)CCC3(N)CCCCC3)n2)c1. The van der Waals surface area contributed by atoms with Crippen LogP contribution in [0.2, 0.25) is 0 Å². The molecule has 0 unspecified atom stereocenters. The van der Waals surface area contributed by atoms with E-state index in [1.165, 1.54) is 19.3 Å². The third kappa shape index (κ3) is 7.72. The molecule has 0 saturated heterocycles. The number of nitrogens with two attached hydrogens (primary N) is 1. The number of hydrogen-bond donors (Lipinski definition) is 2. The van der Waals surface area contributed by atoms with E-state index in [9.17, 15) is 0 Å². The van der Waals surface area contributed by atoms with Gasteiger partial charge in [0.05, 0.1) is 17.1 Å². The molecule has 2 aromatic rings. The van der Waals surface area contributed by atoms with E-state index in [1.54, 1.807) is 7.05 Å². The molecule has 1 heterocycles. The molecule has 0 atom stereocenters. The lowest BCUT2D eigenvalue weighted by Crippen LogP contribution is -2.42. The van der Waals surface area contributed by atoms with Gasteiger partial charge in [0.2, 0.25) is 0 Å². The van der Waals surface area contributed by atoms with Crippen molar-refractivity contribution in [2.45, 2.75) is 57.4 Å². The first-order valence-corrected chi connectivity index (χ1v) is 13.4. The minimum absolute atomic E-state index is 0.183. The highest BCUT2D eigenvalue weighted by Gasteiger charge is 2.28. The molecule has 0 amide bonds. The van der Waals surface area contributed by atoms with E-state index in [0.717, 1.165) is 58.4 Å². The number of nitrogens with one attached hydrogen (secondary N) is 1. The predicted molar refractivity (Wildman–Crippen MR) is 165 cm³/mol. The first-order chi connectivity index (χ1) is 18.2. The van der Waals surface area contributed by atoms with Gasteiger partial charge in [0, 0.05) is 55.8 Å². The first-order valence-electron chi connectivity index (χ1n) is 13.4. The molecule has 0 radical (unpaired) electrons. The Morgan fingerprint density at radius 1 is 1.16 bits per heavy atom. The fraction of sp³-hybridized carbons (Fsp3) is 0.364. The van der Waals surface area contributed by atoms with Gasteiger partial charge in [-0.15, -0.1) is 0 Å². The average molecular weight is 510 g/mol. The van der Waals surface area contributed by atoms with Crippen molar-refractivity contribution in [3.63, 3.8) is 0 Å². The molecule has 1 saturated carbocycles. The van der Waals surface area contributed by atoms with Gasteiger partial charge in [-0.1, -0.05) is 68.3 Å². The van der Waals surface area contributed by atoms with Crippen molar-refractivity contribution in [2.24, 2.45) is 10.7 Å². The summed E-state index contributed by atoms with van der Waals surface area (Å²) in [5, 5.41) is 9.12. The zero-order valence-corrected chi connectivity index (χ0v) is 23.6. The van der Waals surface area contributed by atoms with Crippen molar-refractivity contribution in [1.29, 1.82) is 5.41 Å². The largest absolute Gasteiger partial charge is 0.383 e. The van der Waals surface area contributed by atoms with Crippen LogP contribution in [-0.4, -0.2) is 48.5 Å². The van der Waals surface area contributed by atoms with Crippen LogP contribution >= 0.6 is 0 Å². The Labute approximate surface area is 229 Å². The minimum Gasteiger partial charge on any atom is -0.383 e. The van der Waals surface area contributed by atoms with Gasteiger partial charge >= 0.3 is 0 Å². The highest BCUT2D eigenvalue weighted by atomic mass is 15.0. The van der Waals surface area contributed by atoms with Gasteiger partial charge < -0.3 is 16.0 Å². The summed E-state index contributed by atoms with van der Waals surface area (Å²) in [6.45, 7) is 10.0. The van der Waals surface area contributed by atoms with Gasteiger partial charge in [0.25, 0.3) is 0 Å². The smallest absolute Gasteiger partial charge is 0.0923 e. The quantitative estimate of drug-likeness (QED) is 0.246. The van der Waals surface area contributed by atoms with Crippen molar-refractivity contribution < 1.29 is 0 Å². The lowest BCUT2D eigenvalue weighted by Gasteiger charge is -2.33. The van der Waals surface area contributed by atoms with Crippen molar-refractivity contribution in [3.05, 3.63) is 90.3 Å². The molecule has 1 fully saturated rings. The minimum atomic E-state index is -0.183. The number of aliphatic imine (C=N–C) groups is 1. The van der Waals surface area contributed by atoms with Crippen molar-refractivity contribution >= 4 is 23.1 Å². The maximum Gasteiger partial charge on any atom is 0.0923 e. The van der Waals surface area contributed by atoms with Crippen LogP contribution in [0.25, 0.3) is 22.4 Å². The fourth-order valence-electron chi connectivity index (χ4n) is 5.05. The number of nitrogens with zero attached hydrogens (tertiary/aromatic N) is 3. The number of benzene rings is 1. The summed E-state index contributed by atoms with van der Waals surface area (Å²) < 4.78 is 0. The van der Waals surface area contributed by atoms with E-state index in [1.807, 2.05) is 56.4 Å². The number of allylic oxidation sites excluding steroid dienone is 5. The van der Waals surface area contributed by atoms with Gasteiger partial charge in [-0.05, 0) is 61.9 Å². The Morgan fingerprint density at radius 2 is 1.89 bits per heavy atom.